The van der Waals surface area contributed by atoms with E-state index in [0.717, 1.165) is 16.1 Å². The number of hydrogen-bond donors (Lipinski definition) is 0. The van der Waals surface area contributed by atoms with Crippen molar-refractivity contribution >= 4 is 23.1 Å². The predicted octanol–water partition coefficient (Wildman–Crippen LogP) is 6.04. The Kier molecular flexibility index (Phi) is 5.35. The third-order valence-electron chi connectivity index (χ3n) is 4.55. The molecular weight excluding hydrogens is 433 g/mol. The average molecular weight is 450 g/mol. The SMILES string of the molecule is C[C@H](Sc1nnc(-c2ccccc2)n1-c1ccc(F)cc1)c1nnc(-c2cccs2)o1. The molecule has 0 N–H and O–H groups in total. The lowest BCUT2D eigenvalue weighted by Crippen LogP contribution is -2.01. The maximum atomic E-state index is 13.5. The van der Waals surface area contributed by atoms with E-state index in [9.17, 15) is 4.39 Å². The highest BCUT2D eigenvalue weighted by Gasteiger charge is 2.22. The van der Waals surface area contributed by atoms with Gasteiger partial charge in [-0.2, -0.15) is 0 Å². The normalized spacial score (nSPS) is 12.2. The van der Waals surface area contributed by atoms with Crippen LogP contribution in [0, 0.1) is 5.82 Å². The van der Waals surface area contributed by atoms with Crippen LogP contribution >= 0.6 is 23.1 Å². The minimum atomic E-state index is -0.298. The minimum absolute atomic E-state index is 0.159. The maximum absolute atomic E-state index is 13.5. The molecule has 3 heterocycles. The van der Waals surface area contributed by atoms with Crippen molar-refractivity contribution in [1.29, 1.82) is 0 Å². The monoisotopic (exact) mass is 449 g/mol. The first-order valence-corrected chi connectivity index (χ1v) is 11.3. The molecule has 0 aliphatic carbocycles. The molecule has 5 aromatic rings. The molecule has 0 amide bonds. The molecule has 0 spiro atoms. The summed E-state index contributed by atoms with van der Waals surface area (Å²) in [5, 5.41) is 19.6. The Morgan fingerprint density at radius 3 is 2.48 bits per heavy atom. The standard InChI is InChI=1S/C22H16FN5OS2/c1-14(20-25-26-21(29-20)18-8-5-13-30-18)31-22-27-24-19(15-6-3-2-4-7-15)28(22)17-11-9-16(23)10-12-17/h2-14H,1H3/t14-/m0/s1. The van der Waals surface area contributed by atoms with Crippen LogP contribution in [0.15, 0.2) is 81.7 Å². The van der Waals surface area contributed by atoms with Gasteiger partial charge in [0.1, 0.15) is 5.82 Å². The quantitative estimate of drug-likeness (QED) is 0.295. The van der Waals surface area contributed by atoms with Crippen molar-refractivity contribution in [2.75, 3.05) is 0 Å². The molecule has 0 bridgehead atoms. The topological polar surface area (TPSA) is 69.6 Å². The summed E-state index contributed by atoms with van der Waals surface area (Å²) in [7, 11) is 0. The summed E-state index contributed by atoms with van der Waals surface area (Å²) in [5.74, 6) is 1.38. The molecule has 0 fully saturated rings. The first kappa shape index (κ1) is 19.7. The van der Waals surface area contributed by atoms with E-state index in [2.05, 4.69) is 20.4 Å². The second-order valence-corrected chi connectivity index (χ2v) is 8.92. The number of halogens is 1. The smallest absolute Gasteiger partial charge is 0.257 e. The van der Waals surface area contributed by atoms with Gasteiger partial charge in [-0.25, -0.2) is 4.39 Å². The van der Waals surface area contributed by atoms with Gasteiger partial charge in [0.2, 0.25) is 5.89 Å². The first-order chi connectivity index (χ1) is 15.2. The van der Waals surface area contributed by atoms with Gasteiger partial charge in [-0.15, -0.1) is 31.7 Å². The first-order valence-electron chi connectivity index (χ1n) is 9.50. The molecule has 0 radical (unpaired) electrons. The summed E-state index contributed by atoms with van der Waals surface area (Å²) >= 11 is 3.00. The van der Waals surface area contributed by atoms with Crippen LogP contribution in [-0.4, -0.2) is 25.0 Å². The third-order valence-corrected chi connectivity index (χ3v) is 6.44. The molecule has 0 aliphatic rings. The fraction of sp³-hybridized carbons (Fsp3) is 0.0909. The molecule has 3 aromatic heterocycles. The van der Waals surface area contributed by atoms with Crippen molar-refractivity contribution in [1.82, 2.24) is 25.0 Å². The molecule has 9 heteroatoms. The van der Waals surface area contributed by atoms with Crippen LogP contribution < -0.4 is 0 Å². The number of thioether (sulfide) groups is 1. The summed E-state index contributed by atoms with van der Waals surface area (Å²) in [6, 6.07) is 19.9. The van der Waals surface area contributed by atoms with E-state index in [0.29, 0.717) is 22.8 Å². The van der Waals surface area contributed by atoms with Crippen molar-refractivity contribution < 1.29 is 8.81 Å². The third kappa shape index (κ3) is 4.01. The number of aromatic nitrogens is 5. The van der Waals surface area contributed by atoms with Gasteiger partial charge in [-0.05, 0) is 42.6 Å². The summed E-state index contributed by atoms with van der Waals surface area (Å²) in [6.45, 7) is 1.97. The fourth-order valence-corrected chi connectivity index (χ4v) is 4.59. The molecule has 2 aromatic carbocycles. The largest absolute Gasteiger partial charge is 0.419 e. The van der Waals surface area contributed by atoms with Crippen LogP contribution in [0.2, 0.25) is 0 Å². The number of hydrogen-bond acceptors (Lipinski definition) is 7. The van der Waals surface area contributed by atoms with Crippen LogP contribution in [0.3, 0.4) is 0 Å². The summed E-state index contributed by atoms with van der Waals surface area (Å²) in [6.07, 6.45) is 0. The molecule has 0 saturated heterocycles. The number of thiophene rings is 1. The Hall–Kier alpha value is -3.30. The number of nitrogens with zero attached hydrogens (tertiary/aromatic N) is 5. The molecule has 5 rings (SSSR count). The van der Waals surface area contributed by atoms with E-state index < -0.39 is 0 Å². The molecule has 6 nitrogen and oxygen atoms in total. The summed E-state index contributed by atoms with van der Waals surface area (Å²) < 4.78 is 21.3. The Morgan fingerprint density at radius 1 is 0.935 bits per heavy atom. The molecule has 1 atom stereocenters. The lowest BCUT2D eigenvalue weighted by atomic mass is 10.2. The lowest BCUT2D eigenvalue weighted by Gasteiger charge is -2.12. The van der Waals surface area contributed by atoms with Gasteiger partial charge >= 0.3 is 0 Å². The van der Waals surface area contributed by atoms with Crippen LogP contribution in [0.1, 0.15) is 18.1 Å². The van der Waals surface area contributed by atoms with E-state index in [1.165, 1.54) is 23.9 Å². The summed E-state index contributed by atoms with van der Waals surface area (Å²) in [5.41, 5.74) is 1.68. The second kappa shape index (κ2) is 8.44. The van der Waals surface area contributed by atoms with E-state index in [-0.39, 0.29) is 11.1 Å². The van der Waals surface area contributed by atoms with Gasteiger partial charge in [0, 0.05) is 11.3 Å². The Bertz CT molecular complexity index is 1280. The van der Waals surface area contributed by atoms with Crippen molar-refractivity contribution in [3.05, 3.63) is 83.8 Å². The number of rotatable bonds is 6. The van der Waals surface area contributed by atoms with Crippen molar-refractivity contribution in [2.24, 2.45) is 0 Å². The van der Waals surface area contributed by atoms with E-state index in [1.807, 2.05) is 59.3 Å². The van der Waals surface area contributed by atoms with Gasteiger partial charge in [0.15, 0.2) is 11.0 Å². The Labute approximate surface area is 185 Å². The van der Waals surface area contributed by atoms with Crippen molar-refractivity contribution in [3.8, 4) is 27.8 Å². The van der Waals surface area contributed by atoms with Gasteiger partial charge < -0.3 is 4.42 Å². The minimum Gasteiger partial charge on any atom is -0.419 e. The second-order valence-electron chi connectivity index (χ2n) is 6.67. The fourth-order valence-electron chi connectivity index (χ4n) is 3.05. The summed E-state index contributed by atoms with van der Waals surface area (Å²) in [4.78, 5) is 0.928. The molecule has 0 aliphatic heterocycles. The van der Waals surface area contributed by atoms with Gasteiger partial charge in [0.05, 0.1) is 10.1 Å². The van der Waals surface area contributed by atoms with Crippen LogP contribution in [0.5, 0.6) is 0 Å². The van der Waals surface area contributed by atoms with E-state index in [1.54, 1.807) is 23.5 Å². The van der Waals surface area contributed by atoms with E-state index in [4.69, 9.17) is 4.42 Å². The van der Waals surface area contributed by atoms with Gasteiger partial charge in [-0.3, -0.25) is 4.57 Å². The predicted molar refractivity (Wildman–Crippen MR) is 119 cm³/mol. The van der Waals surface area contributed by atoms with Crippen LogP contribution in [0.4, 0.5) is 4.39 Å². The zero-order valence-electron chi connectivity index (χ0n) is 16.3. The Balaban J connectivity index is 1.50. The zero-order chi connectivity index (χ0) is 21.2. The van der Waals surface area contributed by atoms with Gasteiger partial charge in [-0.1, -0.05) is 48.2 Å². The van der Waals surface area contributed by atoms with Crippen LogP contribution in [-0.2, 0) is 0 Å². The Morgan fingerprint density at radius 2 is 1.74 bits per heavy atom. The van der Waals surface area contributed by atoms with Crippen LogP contribution in [0.25, 0.3) is 27.8 Å². The number of benzene rings is 2. The maximum Gasteiger partial charge on any atom is 0.257 e. The van der Waals surface area contributed by atoms with Gasteiger partial charge in [0.25, 0.3) is 5.89 Å². The zero-order valence-corrected chi connectivity index (χ0v) is 18.0. The van der Waals surface area contributed by atoms with Crippen molar-refractivity contribution in [3.63, 3.8) is 0 Å². The highest BCUT2D eigenvalue weighted by atomic mass is 32.2. The highest BCUT2D eigenvalue weighted by Crippen LogP contribution is 2.37. The lowest BCUT2D eigenvalue weighted by molar-refractivity contribution is 0.510. The molecule has 0 unspecified atom stereocenters. The highest BCUT2D eigenvalue weighted by molar-refractivity contribution is 7.99. The molecule has 0 saturated carbocycles. The molecule has 31 heavy (non-hydrogen) atoms. The molecule has 154 valence electrons. The molecular formula is C22H16FN5OS2. The average Bonchev–Trinajstić information content (AvgIpc) is 3.55. The van der Waals surface area contributed by atoms with Crippen molar-refractivity contribution in [2.45, 2.75) is 17.3 Å². The van der Waals surface area contributed by atoms with E-state index >= 15 is 0 Å².